The summed E-state index contributed by atoms with van der Waals surface area (Å²) in [5.74, 6) is 2.01. The lowest BCUT2D eigenvalue weighted by Crippen LogP contribution is -2.03. The van der Waals surface area contributed by atoms with Crippen LogP contribution in [0.25, 0.3) is 5.65 Å². The summed E-state index contributed by atoms with van der Waals surface area (Å²) in [5.41, 5.74) is 2.11. The minimum atomic E-state index is 0.731. The fraction of sp³-hybridized carbons (Fsp3) is 0.571. The van der Waals surface area contributed by atoms with Crippen LogP contribution in [0.3, 0.4) is 0 Å². The van der Waals surface area contributed by atoms with E-state index >= 15 is 0 Å². The fourth-order valence-electron chi connectivity index (χ4n) is 1.98. The molecule has 1 N–H and O–H groups in total. The second-order valence-corrected chi connectivity index (χ2v) is 5.76. The molecule has 0 atom stereocenters. The van der Waals surface area contributed by atoms with E-state index in [4.69, 9.17) is 0 Å². The number of nitrogens with one attached hydrogen (secondary N) is 1. The lowest BCUT2D eigenvalue weighted by molar-refractivity contribution is 0.687. The molecule has 4 nitrogen and oxygen atoms in total. The number of thioether (sulfide) groups is 1. The molecule has 0 aromatic carbocycles. The molecule has 2 aromatic heterocycles. The molecule has 0 aliphatic rings. The maximum absolute atomic E-state index is 4.46. The number of anilines is 1. The zero-order valence-electron chi connectivity index (χ0n) is 11.7. The van der Waals surface area contributed by atoms with Crippen molar-refractivity contribution in [2.75, 3.05) is 23.9 Å². The maximum Gasteiger partial charge on any atom is 0.243 e. The van der Waals surface area contributed by atoms with Gasteiger partial charge in [-0.15, -0.1) is 5.10 Å². The molecule has 0 saturated carbocycles. The molecule has 0 saturated heterocycles. The van der Waals surface area contributed by atoms with Crippen LogP contribution in [0.2, 0.25) is 0 Å². The summed E-state index contributed by atoms with van der Waals surface area (Å²) in [6.45, 7) is 3.02. The number of aryl methyl sites for hydroxylation is 1. The van der Waals surface area contributed by atoms with Gasteiger partial charge in [0.05, 0.1) is 0 Å². The fourth-order valence-corrected chi connectivity index (χ4v) is 2.48. The van der Waals surface area contributed by atoms with E-state index in [0.29, 0.717) is 0 Å². The van der Waals surface area contributed by atoms with Crippen molar-refractivity contribution in [3.8, 4) is 0 Å². The number of hydrogen-bond acceptors (Lipinski definition) is 4. The highest BCUT2D eigenvalue weighted by molar-refractivity contribution is 7.98. The lowest BCUT2D eigenvalue weighted by atomic mass is 10.2. The Bertz CT molecular complexity index is 509. The van der Waals surface area contributed by atoms with E-state index in [1.54, 1.807) is 0 Å². The Hall–Kier alpha value is -1.23. The number of unbranched alkanes of at least 4 members (excludes halogenated alkanes) is 3. The third kappa shape index (κ3) is 4.42. The zero-order chi connectivity index (χ0) is 13.5. The first-order chi connectivity index (χ1) is 9.29. The maximum atomic E-state index is 4.46. The Balaban J connectivity index is 1.72. The van der Waals surface area contributed by atoms with Gasteiger partial charge >= 0.3 is 0 Å². The molecule has 104 valence electrons. The van der Waals surface area contributed by atoms with Crippen LogP contribution in [0, 0.1) is 6.92 Å². The molecule has 0 fully saturated rings. The van der Waals surface area contributed by atoms with Crippen LogP contribution in [0.15, 0.2) is 18.3 Å². The molecular weight excluding hydrogens is 256 g/mol. The molecule has 0 aliphatic carbocycles. The molecule has 2 heterocycles. The number of aromatic nitrogens is 3. The SMILES string of the molecule is CSCCCCCCNc1nc2cc(C)ccn2n1. The van der Waals surface area contributed by atoms with Crippen LogP contribution in [0.4, 0.5) is 5.95 Å². The van der Waals surface area contributed by atoms with Crippen molar-refractivity contribution in [1.82, 2.24) is 14.6 Å². The highest BCUT2D eigenvalue weighted by Crippen LogP contribution is 2.08. The third-order valence-corrected chi connectivity index (χ3v) is 3.75. The summed E-state index contributed by atoms with van der Waals surface area (Å²) in [5, 5.41) is 7.69. The smallest absolute Gasteiger partial charge is 0.243 e. The van der Waals surface area contributed by atoms with Crippen LogP contribution < -0.4 is 5.32 Å². The first-order valence-corrected chi connectivity index (χ1v) is 8.25. The Morgan fingerprint density at radius 3 is 2.95 bits per heavy atom. The topological polar surface area (TPSA) is 42.2 Å². The summed E-state index contributed by atoms with van der Waals surface area (Å²) in [7, 11) is 0. The quantitative estimate of drug-likeness (QED) is 0.752. The minimum absolute atomic E-state index is 0.731. The van der Waals surface area contributed by atoms with Crippen LogP contribution >= 0.6 is 11.8 Å². The van der Waals surface area contributed by atoms with Crippen LogP contribution in [0.5, 0.6) is 0 Å². The summed E-state index contributed by atoms with van der Waals surface area (Å²) in [6, 6.07) is 4.08. The van der Waals surface area contributed by atoms with Crippen LogP contribution in [-0.2, 0) is 0 Å². The van der Waals surface area contributed by atoms with Crippen molar-refractivity contribution >= 4 is 23.4 Å². The summed E-state index contributed by atoms with van der Waals surface area (Å²) >= 11 is 1.93. The van der Waals surface area contributed by atoms with E-state index in [0.717, 1.165) is 18.1 Å². The molecule has 2 aromatic rings. The van der Waals surface area contributed by atoms with Gasteiger partial charge in [0.15, 0.2) is 5.65 Å². The van der Waals surface area contributed by atoms with Gasteiger partial charge in [-0.05, 0) is 49.5 Å². The largest absolute Gasteiger partial charge is 0.353 e. The number of rotatable bonds is 8. The van der Waals surface area contributed by atoms with Gasteiger partial charge in [0, 0.05) is 12.7 Å². The van der Waals surface area contributed by atoms with Crippen molar-refractivity contribution in [3.05, 3.63) is 23.9 Å². The van der Waals surface area contributed by atoms with Crippen molar-refractivity contribution < 1.29 is 0 Å². The average molecular weight is 278 g/mol. The van der Waals surface area contributed by atoms with E-state index in [1.807, 2.05) is 34.6 Å². The Morgan fingerprint density at radius 2 is 2.11 bits per heavy atom. The van der Waals surface area contributed by atoms with Gasteiger partial charge in [-0.2, -0.15) is 16.7 Å². The van der Waals surface area contributed by atoms with Crippen molar-refractivity contribution in [2.45, 2.75) is 32.6 Å². The summed E-state index contributed by atoms with van der Waals surface area (Å²) < 4.78 is 1.81. The van der Waals surface area contributed by atoms with E-state index in [9.17, 15) is 0 Å². The molecule has 0 spiro atoms. The van der Waals surface area contributed by atoms with Gasteiger partial charge in [0.25, 0.3) is 0 Å². The van der Waals surface area contributed by atoms with E-state index in [-0.39, 0.29) is 0 Å². The molecule has 5 heteroatoms. The van der Waals surface area contributed by atoms with Crippen molar-refractivity contribution in [2.24, 2.45) is 0 Å². The molecular formula is C14H22N4S. The van der Waals surface area contributed by atoms with Crippen molar-refractivity contribution in [1.29, 1.82) is 0 Å². The predicted molar refractivity (Wildman–Crippen MR) is 83.1 cm³/mol. The molecule has 0 bridgehead atoms. The lowest BCUT2D eigenvalue weighted by Gasteiger charge is -2.01. The summed E-state index contributed by atoms with van der Waals surface area (Å²) in [6.07, 6.45) is 9.22. The van der Waals surface area contributed by atoms with Gasteiger partial charge in [0.2, 0.25) is 5.95 Å². The Kier molecular flexibility index (Phi) is 5.51. The molecule has 0 radical (unpaired) electrons. The molecule has 0 unspecified atom stereocenters. The van der Waals surface area contributed by atoms with Gasteiger partial charge in [-0.3, -0.25) is 0 Å². The zero-order valence-corrected chi connectivity index (χ0v) is 12.5. The second kappa shape index (κ2) is 7.38. The van der Waals surface area contributed by atoms with E-state index < -0.39 is 0 Å². The van der Waals surface area contributed by atoms with Gasteiger partial charge in [-0.1, -0.05) is 12.8 Å². The van der Waals surface area contributed by atoms with Gasteiger partial charge in [-0.25, -0.2) is 4.52 Å². The second-order valence-electron chi connectivity index (χ2n) is 4.78. The Labute approximate surface area is 119 Å². The standard InChI is InChI=1S/C14H22N4S/c1-12-7-9-18-13(11-12)16-14(17-18)15-8-5-3-4-6-10-19-2/h7,9,11H,3-6,8,10H2,1-2H3,(H,15,17). The highest BCUT2D eigenvalue weighted by atomic mass is 32.2. The van der Waals surface area contributed by atoms with E-state index in [2.05, 4.69) is 28.6 Å². The number of nitrogens with zero attached hydrogens (tertiary/aromatic N) is 3. The van der Waals surface area contributed by atoms with Crippen LogP contribution in [0.1, 0.15) is 31.2 Å². The van der Waals surface area contributed by atoms with Crippen LogP contribution in [-0.4, -0.2) is 33.2 Å². The monoisotopic (exact) mass is 278 g/mol. The number of fused-ring (bicyclic) bond motifs is 1. The number of pyridine rings is 1. The normalized spacial score (nSPS) is 11.1. The summed E-state index contributed by atoms with van der Waals surface area (Å²) in [4.78, 5) is 4.46. The Morgan fingerprint density at radius 1 is 1.26 bits per heavy atom. The molecule has 19 heavy (non-hydrogen) atoms. The first-order valence-electron chi connectivity index (χ1n) is 6.85. The predicted octanol–water partition coefficient (Wildman–Crippen LogP) is 3.37. The third-order valence-electron chi connectivity index (χ3n) is 3.05. The van der Waals surface area contributed by atoms with E-state index in [1.165, 1.54) is 37.0 Å². The number of hydrogen-bond donors (Lipinski definition) is 1. The average Bonchev–Trinajstić information content (AvgIpc) is 2.79. The first kappa shape index (κ1) is 14.2. The minimum Gasteiger partial charge on any atom is -0.353 e. The van der Waals surface area contributed by atoms with Gasteiger partial charge < -0.3 is 5.32 Å². The van der Waals surface area contributed by atoms with Gasteiger partial charge in [0.1, 0.15) is 0 Å². The molecule has 0 aliphatic heterocycles. The molecule has 0 amide bonds. The molecule has 2 rings (SSSR count). The highest BCUT2D eigenvalue weighted by Gasteiger charge is 2.02. The van der Waals surface area contributed by atoms with Crippen molar-refractivity contribution in [3.63, 3.8) is 0 Å².